The van der Waals surface area contributed by atoms with E-state index in [1.807, 2.05) is 5.38 Å². The van der Waals surface area contributed by atoms with Gasteiger partial charge in [0.15, 0.2) is 0 Å². The van der Waals surface area contributed by atoms with Gasteiger partial charge in [-0.15, -0.1) is 11.3 Å². The van der Waals surface area contributed by atoms with Crippen LogP contribution in [0.1, 0.15) is 25.5 Å². The molecule has 0 fully saturated rings. The van der Waals surface area contributed by atoms with Crippen molar-refractivity contribution >= 4 is 11.3 Å². The van der Waals surface area contributed by atoms with Crippen LogP contribution in [0.15, 0.2) is 29.6 Å². The van der Waals surface area contributed by atoms with Gasteiger partial charge in [0.1, 0.15) is 10.8 Å². The third kappa shape index (κ3) is 5.53. The molecule has 114 valence electrons. The van der Waals surface area contributed by atoms with Crippen molar-refractivity contribution in [3.05, 3.63) is 41.2 Å². The average molecular weight is 308 g/mol. The van der Waals surface area contributed by atoms with Crippen molar-refractivity contribution in [1.29, 1.82) is 0 Å². The van der Waals surface area contributed by atoms with Crippen LogP contribution in [-0.2, 0) is 11.3 Å². The molecule has 0 aliphatic heterocycles. The van der Waals surface area contributed by atoms with Crippen LogP contribution in [-0.4, -0.2) is 24.7 Å². The van der Waals surface area contributed by atoms with E-state index in [0.29, 0.717) is 0 Å². The van der Waals surface area contributed by atoms with Gasteiger partial charge in [0.05, 0.1) is 5.69 Å². The summed E-state index contributed by atoms with van der Waals surface area (Å²) in [4.78, 5) is 4.56. The van der Waals surface area contributed by atoms with Gasteiger partial charge in [-0.2, -0.15) is 0 Å². The number of halogens is 1. The fourth-order valence-corrected chi connectivity index (χ4v) is 2.70. The molecule has 0 aliphatic carbocycles. The summed E-state index contributed by atoms with van der Waals surface area (Å²) in [5.74, 6) is -0.220. The van der Waals surface area contributed by atoms with Crippen molar-refractivity contribution in [3.8, 4) is 10.6 Å². The summed E-state index contributed by atoms with van der Waals surface area (Å²) in [6.07, 6.45) is 2.08. The molecule has 3 nitrogen and oxygen atoms in total. The fraction of sp³-hybridized carbons (Fsp3) is 0.438. The molecule has 0 spiro atoms. The molecule has 1 heterocycles. The predicted molar refractivity (Wildman–Crippen MR) is 84.9 cm³/mol. The fourth-order valence-electron chi connectivity index (χ4n) is 1.88. The number of aromatic nitrogens is 1. The van der Waals surface area contributed by atoms with Crippen LogP contribution < -0.4 is 5.32 Å². The molecule has 5 heteroatoms. The third-order valence-electron chi connectivity index (χ3n) is 2.94. The van der Waals surface area contributed by atoms with Crippen LogP contribution in [0, 0.1) is 5.82 Å². The van der Waals surface area contributed by atoms with Crippen molar-refractivity contribution < 1.29 is 9.13 Å². The van der Waals surface area contributed by atoms with E-state index in [1.54, 1.807) is 23.5 Å². The smallest absolute Gasteiger partial charge is 0.123 e. The summed E-state index contributed by atoms with van der Waals surface area (Å²) < 4.78 is 18.3. The third-order valence-corrected chi connectivity index (χ3v) is 3.88. The molecule has 0 unspecified atom stereocenters. The number of thiazole rings is 1. The summed E-state index contributed by atoms with van der Waals surface area (Å²) >= 11 is 1.59. The molecule has 0 saturated carbocycles. The number of hydrogen-bond donors (Lipinski definition) is 1. The molecule has 0 aliphatic rings. The first-order valence-electron chi connectivity index (χ1n) is 7.28. The standard InChI is InChI=1S/C16H21FN2OS/c1-2-9-20-10-3-8-18-11-15-12-21-16(19-15)13-4-6-14(17)7-5-13/h4-7,12,18H,2-3,8-11H2,1H3. The first kappa shape index (κ1) is 16.1. The Balaban J connectivity index is 1.72. The predicted octanol–water partition coefficient (Wildman–Crippen LogP) is 3.86. The van der Waals surface area contributed by atoms with E-state index in [9.17, 15) is 4.39 Å². The Kier molecular flexibility index (Phi) is 6.79. The summed E-state index contributed by atoms with van der Waals surface area (Å²) in [7, 11) is 0. The van der Waals surface area contributed by atoms with Crippen molar-refractivity contribution in [2.24, 2.45) is 0 Å². The van der Waals surface area contributed by atoms with Gasteiger partial charge in [0, 0.05) is 30.7 Å². The van der Waals surface area contributed by atoms with Gasteiger partial charge in [0.2, 0.25) is 0 Å². The molecule has 21 heavy (non-hydrogen) atoms. The molecular formula is C16H21FN2OS. The molecular weight excluding hydrogens is 287 g/mol. The van der Waals surface area contributed by atoms with E-state index in [2.05, 4.69) is 17.2 Å². The number of hydrogen-bond acceptors (Lipinski definition) is 4. The highest BCUT2D eigenvalue weighted by atomic mass is 32.1. The quantitative estimate of drug-likeness (QED) is 0.714. The van der Waals surface area contributed by atoms with Crippen LogP contribution >= 0.6 is 11.3 Å². The van der Waals surface area contributed by atoms with E-state index in [4.69, 9.17) is 4.74 Å². The van der Waals surface area contributed by atoms with Crippen molar-refractivity contribution in [1.82, 2.24) is 10.3 Å². The van der Waals surface area contributed by atoms with Gasteiger partial charge < -0.3 is 10.1 Å². The highest BCUT2D eigenvalue weighted by molar-refractivity contribution is 7.13. The second-order valence-electron chi connectivity index (χ2n) is 4.79. The maximum absolute atomic E-state index is 12.9. The number of ether oxygens (including phenoxy) is 1. The molecule has 1 aromatic heterocycles. The summed E-state index contributed by atoms with van der Waals surface area (Å²) in [6.45, 7) is 5.43. The Morgan fingerprint density at radius 1 is 1.24 bits per heavy atom. The minimum atomic E-state index is -0.220. The molecule has 0 amide bonds. The molecule has 0 saturated heterocycles. The second-order valence-corrected chi connectivity index (χ2v) is 5.65. The SMILES string of the molecule is CCCOCCCNCc1csc(-c2ccc(F)cc2)n1. The van der Waals surface area contributed by atoms with E-state index in [-0.39, 0.29) is 5.82 Å². The molecule has 0 atom stereocenters. The topological polar surface area (TPSA) is 34.1 Å². The normalized spacial score (nSPS) is 11.0. The van der Waals surface area contributed by atoms with Crippen molar-refractivity contribution in [2.45, 2.75) is 26.3 Å². The maximum Gasteiger partial charge on any atom is 0.123 e. The lowest BCUT2D eigenvalue weighted by atomic mass is 10.2. The van der Waals surface area contributed by atoms with Crippen LogP contribution in [0.4, 0.5) is 4.39 Å². The zero-order valence-electron chi connectivity index (χ0n) is 12.3. The summed E-state index contributed by atoms with van der Waals surface area (Å²) in [5, 5.41) is 6.33. The zero-order chi connectivity index (χ0) is 14.9. The molecule has 1 aromatic carbocycles. The minimum Gasteiger partial charge on any atom is -0.381 e. The first-order valence-corrected chi connectivity index (χ1v) is 8.16. The Labute approximate surface area is 129 Å². The van der Waals surface area contributed by atoms with Gasteiger partial charge in [0.25, 0.3) is 0 Å². The lowest BCUT2D eigenvalue weighted by Crippen LogP contribution is -2.16. The summed E-state index contributed by atoms with van der Waals surface area (Å²) in [6, 6.07) is 6.45. The van der Waals surface area contributed by atoms with Crippen LogP contribution in [0.5, 0.6) is 0 Å². The van der Waals surface area contributed by atoms with Crippen LogP contribution in [0.3, 0.4) is 0 Å². The van der Waals surface area contributed by atoms with Crippen LogP contribution in [0.25, 0.3) is 10.6 Å². The van der Waals surface area contributed by atoms with E-state index in [0.717, 1.165) is 55.4 Å². The van der Waals surface area contributed by atoms with Gasteiger partial charge in [-0.05, 0) is 43.7 Å². The number of benzene rings is 1. The zero-order valence-corrected chi connectivity index (χ0v) is 13.1. The van der Waals surface area contributed by atoms with E-state index >= 15 is 0 Å². The summed E-state index contributed by atoms with van der Waals surface area (Å²) in [5.41, 5.74) is 1.98. The Bertz CT molecular complexity index is 527. The first-order chi connectivity index (χ1) is 10.3. The van der Waals surface area contributed by atoms with Crippen molar-refractivity contribution in [2.75, 3.05) is 19.8 Å². The minimum absolute atomic E-state index is 0.220. The molecule has 2 aromatic rings. The Hall–Kier alpha value is -1.30. The second kappa shape index (κ2) is 8.87. The Morgan fingerprint density at radius 2 is 2.05 bits per heavy atom. The lowest BCUT2D eigenvalue weighted by molar-refractivity contribution is 0.132. The lowest BCUT2D eigenvalue weighted by Gasteiger charge is -2.03. The molecule has 2 rings (SSSR count). The monoisotopic (exact) mass is 308 g/mol. The highest BCUT2D eigenvalue weighted by Crippen LogP contribution is 2.23. The van der Waals surface area contributed by atoms with Gasteiger partial charge in [-0.1, -0.05) is 6.92 Å². The van der Waals surface area contributed by atoms with E-state index < -0.39 is 0 Å². The van der Waals surface area contributed by atoms with Gasteiger partial charge in [-0.25, -0.2) is 9.37 Å². The number of rotatable bonds is 9. The average Bonchev–Trinajstić information content (AvgIpc) is 2.96. The number of nitrogens with one attached hydrogen (secondary N) is 1. The highest BCUT2D eigenvalue weighted by Gasteiger charge is 2.04. The van der Waals surface area contributed by atoms with Crippen molar-refractivity contribution in [3.63, 3.8) is 0 Å². The molecule has 0 radical (unpaired) electrons. The molecule has 1 N–H and O–H groups in total. The largest absolute Gasteiger partial charge is 0.381 e. The van der Waals surface area contributed by atoms with Gasteiger partial charge in [-0.3, -0.25) is 0 Å². The Morgan fingerprint density at radius 3 is 2.81 bits per heavy atom. The van der Waals surface area contributed by atoms with Crippen LogP contribution in [0.2, 0.25) is 0 Å². The van der Waals surface area contributed by atoms with E-state index in [1.165, 1.54) is 12.1 Å². The maximum atomic E-state index is 12.9. The van der Waals surface area contributed by atoms with Gasteiger partial charge >= 0.3 is 0 Å². The number of nitrogens with zero attached hydrogens (tertiary/aromatic N) is 1. The molecule has 0 bridgehead atoms.